The number of nitrogens with zero attached hydrogens (tertiary/aromatic N) is 2. The molecule has 0 radical (unpaired) electrons. The van der Waals surface area contributed by atoms with Gasteiger partial charge >= 0.3 is 0 Å². The van der Waals surface area contributed by atoms with Gasteiger partial charge in [-0.15, -0.1) is 0 Å². The van der Waals surface area contributed by atoms with Crippen molar-refractivity contribution in [1.82, 2.24) is 0 Å². The van der Waals surface area contributed by atoms with Crippen LogP contribution in [0.1, 0.15) is 26.3 Å². The number of nitro groups is 2. The van der Waals surface area contributed by atoms with E-state index in [1.54, 1.807) is 0 Å². The normalized spacial score (nSPS) is 10.0. The van der Waals surface area contributed by atoms with Gasteiger partial charge in [-0.2, -0.15) is 0 Å². The van der Waals surface area contributed by atoms with Crippen LogP contribution in [0.2, 0.25) is 0 Å². The fourth-order valence-corrected chi connectivity index (χ4v) is 1.87. The molecule has 0 atom stereocenters. The molecule has 0 aliphatic heterocycles. The van der Waals surface area contributed by atoms with E-state index >= 15 is 0 Å². The minimum absolute atomic E-state index is 0.0298. The van der Waals surface area contributed by atoms with Gasteiger partial charge in [0.25, 0.3) is 11.4 Å². The van der Waals surface area contributed by atoms with Crippen LogP contribution in [-0.4, -0.2) is 21.9 Å². The lowest BCUT2D eigenvalue weighted by atomic mass is 10.0. The van der Waals surface area contributed by atoms with Crippen molar-refractivity contribution in [2.45, 2.75) is 0 Å². The number of aldehydes is 1. The number of carbonyl (C=O) groups excluding carboxylic acids is 2. The summed E-state index contributed by atoms with van der Waals surface area (Å²) in [7, 11) is 0. The molecule has 0 N–H and O–H groups in total. The summed E-state index contributed by atoms with van der Waals surface area (Å²) in [5.74, 6) is -0.607. The van der Waals surface area contributed by atoms with Gasteiger partial charge in [0.15, 0.2) is 12.1 Å². The van der Waals surface area contributed by atoms with Gasteiger partial charge in [0.05, 0.1) is 15.4 Å². The Balaban J connectivity index is 2.48. The Hall–Kier alpha value is -3.42. The molecule has 0 aromatic heterocycles. The molecule has 8 nitrogen and oxygen atoms in total. The highest BCUT2D eigenvalue weighted by Gasteiger charge is 2.19. The predicted molar refractivity (Wildman–Crippen MR) is 75.0 cm³/mol. The van der Waals surface area contributed by atoms with Crippen LogP contribution in [0.25, 0.3) is 0 Å². The molecule has 2 aromatic carbocycles. The zero-order valence-electron chi connectivity index (χ0n) is 11.0. The molecular weight excluding hydrogens is 292 g/mol. The first-order valence-corrected chi connectivity index (χ1v) is 5.97. The van der Waals surface area contributed by atoms with E-state index in [0.717, 1.165) is 18.2 Å². The topological polar surface area (TPSA) is 120 Å². The monoisotopic (exact) mass is 300 g/mol. The van der Waals surface area contributed by atoms with Crippen molar-refractivity contribution in [2.75, 3.05) is 0 Å². The van der Waals surface area contributed by atoms with E-state index < -0.39 is 21.3 Å². The lowest BCUT2D eigenvalue weighted by molar-refractivity contribution is -0.385. The van der Waals surface area contributed by atoms with Gasteiger partial charge in [0.1, 0.15) is 0 Å². The lowest BCUT2D eigenvalue weighted by Crippen LogP contribution is -2.04. The number of nitro benzene ring substituents is 2. The average Bonchev–Trinajstić information content (AvgIpc) is 2.53. The second-order valence-electron chi connectivity index (χ2n) is 4.29. The molecule has 0 saturated heterocycles. The van der Waals surface area contributed by atoms with Crippen molar-refractivity contribution in [2.24, 2.45) is 0 Å². The van der Waals surface area contributed by atoms with E-state index in [1.165, 1.54) is 24.3 Å². The molecule has 110 valence electrons. The summed E-state index contributed by atoms with van der Waals surface area (Å²) in [6, 6.07) is 8.43. The number of benzene rings is 2. The second-order valence-corrected chi connectivity index (χ2v) is 4.29. The highest BCUT2D eigenvalue weighted by atomic mass is 16.6. The van der Waals surface area contributed by atoms with E-state index in [0.29, 0.717) is 6.29 Å². The molecule has 0 saturated carbocycles. The Bertz CT molecular complexity index is 800. The first-order valence-electron chi connectivity index (χ1n) is 5.97. The Kier molecular flexibility index (Phi) is 4.03. The quantitative estimate of drug-likeness (QED) is 0.362. The van der Waals surface area contributed by atoms with E-state index in [9.17, 15) is 29.8 Å². The van der Waals surface area contributed by atoms with Crippen LogP contribution in [0.4, 0.5) is 11.4 Å². The SMILES string of the molecule is O=Cc1ccc(C(=O)c2cccc([N+](=O)[O-])c2)cc1[N+](=O)[O-]. The first-order chi connectivity index (χ1) is 10.4. The summed E-state index contributed by atoms with van der Waals surface area (Å²) >= 11 is 0. The molecule has 0 unspecified atom stereocenters. The molecule has 0 bridgehead atoms. The van der Waals surface area contributed by atoms with Crippen LogP contribution in [-0.2, 0) is 0 Å². The van der Waals surface area contributed by atoms with Gasteiger partial charge in [0, 0.05) is 29.3 Å². The second kappa shape index (κ2) is 5.92. The summed E-state index contributed by atoms with van der Waals surface area (Å²) in [6.07, 6.45) is 0.319. The van der Waals surface area contributed by atoms with Gasteiger partial charge in [0.2, 0.25) is 0 Å². The Morgan fingerprint density at radius 2 is 1.64 bits per heavy atom. The molecule has 0 amide bonds. The lowest BCUT2D eigenvalue weighted by Gasteiger charge is -2.03. The highest BCUT2D eigenvalue weighted by molar-refractivity contribution is 6.10. The summed E-state index contributed by atoms with van der Waals surface area (Å²) in [6.45, 7) is 0. The molecular formula is C14H8N2O6. The summed E-state index contributed by atoms with van der Waals surface area (Å²) in [5, 5.41) is 21.6. The molecule has 8 heteroatoms. The maximum atomic E-state index is 12.3. The third-order valence-electron chi connectivity index (χ3n) is 2.94. The zero-order valence-corrected chi connectivity index (χ0v) is 11.0. The van der Waals surface area contributed by atoms with Gasteiger partial charge in [-0.05, 0) is 12.1 Å². The van der Waals surface area contributed by atoms with E-state index in [1.807, 2.05) is 0 Å². The van der Waals surface area contributed by atoms with Crippen molar-refractivity contribution in [3.05, 3.63) is 79.4 Å². The van der Waals surface area contributed by atoms with Gasteiger partial charge in [-0.1, -0.05) is 12.1 Å². The number of rotatable bonds is 5. The molecule has 0 aliphatic rings. The van der Waals surface area contributed by atoms with Crippen LogP contribution in [0.3, 0.4) is 0 Å². The van der Waals surface area contributed by atoms with E-state index in [-0.39, 0.29) is 22.4 Å². The summed E-state index contributed by atoms with van der Waals surface area (Å²) in [5.41, 5.74) is -0.906. The summed E-state index contributed by atoms with van der Waals surface area (Å²) < 4.78 is 0. The van der Waals surface area contributed by atoms with Crippen molar-refractivity contribution in [1.29, 1.82) is 0 Å². The fourth-order valence-electron chi connectivity index (χ4n) is 1.87. The third kappa shape index (κ3) is 2.85. The molecule has 0 spiro atoms. The van der Waals surface area contributed by atoms with Crippen LogP contribution in [0.15, 0.2) is 42.5 Å². The molecule has 0 fully saturated rings. The molecule has 0 heterocycles. The molecule has 2 aromatic rings. The van der Waals surface area contributed by atoms with Crippen LogP contribution in [0, 0.1) is 20.2 Å². The average molecular weight is 300 g/mol. The Morgan fingerprint density at radius 3 is 2.23 bits per heavy atom. The minimum atomic E-state index is -0.770. The Labute approximate surface area is 123 Å². The number of carbonyl (C=O) groups is 2. The van der Waals surface area contributed by atoms with Gasteiger partial charge in [-0.3, -0.25) is 29.8 Å². The van der Waals surface area contributed by atoms with Gasteiger partial charge < -0.3 is 0 Å². The van der Waals surface area contributed by atoms with Crippen molar-refractivity contribution in [3.8, 4) is 0 Å². The van der Waals surface area contributed by atoms with Crippen molar-refractivity contribution in [3.63, 3.8) is 0 Å². The third-order valence-corrected chi connectivity index (χ3v) is 2.94. The minimum Gasteiger partial charge on any atom is -0.298 e. The van der Waals surface area contributed by atoms with E-state index in [4.69, 9.17) is 0 Å². The number of hydrogen-bond donors (Lipinski definition) is 0. The summed E-state index contributed by atoms with van der Waals surface area (Å²) in [4.78, 5) is 43.2. The van der Waals surface area contributed by atoms with Crippen molar-refractivity contribution < 1.29 is 19.4 Å². The largest absolute Gasteiger partial charge is 0.298 e. The first kappa shape index (κ1) is 15.0. The number of non-ortho nitro benzene ring substituents is 1. The number of ketones is 1. The smallest absolute Gasteiger partial charge is 0.280 e. The van der Waals surface area contributed by atoms with Crippen molar-refractivity contribution >= 4 is 23.4 Å². The standard InChI is InChI=1S/C14H8N2O6/c17-8-11-5-4-10(7-13(11)16(21)22)14(18)9-2-1-3-12(6-9)15(19)20/h1-8H. The van der Waals surface area contributed by atoms with E-state index in [2.05, 4.69) is 0 Å². The maximum Gasteiger partial charge on any atom is 0.280 e. The molecule has 22 heavy (non-hydrogen) atoms. The Morgan fingerprint density at radius 1 is 0.955 bits per heavy atom. The van der Waals surface area contributed by atoms with Gasteiger partial charge in [-0.25, -0.2) is 0 Å². The fraction of sp³-hybridized carbons (Fsp3) is 0. The van der Waals surface area contributed by atoms with Crippen LogP contribution in [0.5, 0.6) is 0 Å². The highest BCUT2D eigenvalue weighted by Crippen LogP contribution is 2.22. The van der Waals surface area contributed by atoms with Crippen LogP contribution >= 0.6 is 0 Å². The molecule has 2 rings (SSSR count). The zero-order chi connectivity index (χ0) is 16.3. The van der Waals surface area contributed by atoms with Crippen LogP contribution < -0.4 is 0 Å². The maximum absolute atomic E-state index is 12.3. The number of hydrogen-bond acceptors (Lipinski definition) is 6. The predicted octanol–water partition coefficient (Wildman–Crippen LogP) is 2.55. The molecule has 0 aliphatic carbocycles.